The highest BCUT2D eigenvalue weighted by Crippen LogP contribution is 2.24. The maximum Gasteiger partial charge on any atom is 0.288 e. The molecule has 1 aromatic carbocycles. The zero-order valence-electron chi connectivity index (χ0n) is 14.8. The number of rotatable bonds is 5. The molecule has 0 aromatic heterocycles. The van der Waals surface area contributed by atoms with Crippen LogP contribution in [0.1, 0.15) is 12.0 Å². The molecule has 1 N–H and O–H groups in total. The molecule has 6 nitrogen and oxygen atoms in total. The van der Waals surface area contributed by atoms with Crippen molar-refractivity contribution in [3.05, 3.63) is 28.8 Å². The molecule has 0 radical (unpaired) electrons. The molecule has 2 amide bonds. The standard InChI is InChI=1S/C18H24ClN3O3/c1-13-3-4-14(19)11-15(13)20-5-7-21(8-6-20)16-12-17(23)22(18(16)24)9-10-25-2/h3-4,11,16H,5-10,12H2,1-2H3/p+1/t16-/m0/s1. The number of benzene rings is 1. The Hall–Kier alpha value is -1.63. The van der Waals surface area contributed by atoms with Gasteiger partial charge in [0.1, 0.15) is 0 Å². The second-order valence-electron chi connectivity index (χ2n) is 6.71. The van der Waals surface area contributed by atoms with Gasteiger partial charge in [0, 0.05) is 17.8 Å². The highest BCUT2D eigenvalue weighted by atomic mass is 35.5. The first-order valence-corrected chi connectivity index (χ1v) is 9.08. The number of nitrogens with one attached hydrogen (secondary N) is 1. The summed E-state index contributed by atoms with van der Waals surface area (Å²) in [5.74, 6) is -0.128. The summed E-state index contributed by atoms with van der Waals surface area (Å²) in [6.45, 7) is 6.21. The summed E-state index contributed by atoms with van der Waals surface area (Å²) >= 11 is 6.13. The molecule has 0 spiro atoms. The smallest absolute Gasteiger partial charge is 0.288 e. The predicted molar refractivity (Wildman–Crippen MR) is 96.1 cm³/mol. The average Bonchev–Trinajstić information content (AvgIpc) is 2.89. The number of carbonyl (C=O) groups is 2. The summed E-state index contributed by atoms with van der Waals surface area (Å²) in [5.41, 5.74) is 2.35. The monoisotopic (exact) mass is 366 g/mol. The topological polar surface area (TPSA) is 54.3 Å². The number of hydrogen-bond acceptors (Lipinski definition) is 4. The van der Waals surface area contributed by atoms with Crippen LogP contribution >= 0.6 is 11.6 Å². The first kappa shape index (κ1) is 18.2. The molecule has 2 aliphatic rings. The van der Waals surface area contributed by atoms with E-state index in [1.165, 1.54) is 15.4 Å². The van der Waals surface area contributed by atoms with Crippen LogP contribution in [-0.4, -0.2) is 69.2 Å². The van der Waals surface area contributed by atoms with Gasteiger partial charge in [-0.3, -0.25) is 14.5 Å². The minimum absolute atomic E-state index is 0.0514. The number of imide groups is 1. The molecule has 0 unspecified atom stereocenters. The molecule has 1 atom stereocenters. The quantitative estimate of drug-likeness (QED) is 0.752. The fraction of sp³-hybridized carbons (Fsp3) is 0.556. The van der Waals surface area contributed by atoms with Crippen LogP contribution in [0.5, 0.6) is 0 Å². The van der Waals surface area contributed by atoms with Crippen LogP contribution in [0.3, 0.4) is 0 Å². The number of carbonyl (C=O) groups excluding carboxylic acids is 2. The maximum absolute atomic E-state index is 12.6. The minimum atomic E-state index is -0.244. The van der Waals surface area contributed by atoms with Crippen molar-refractivity contribution in [3.63, 3.8) is 0 Å². The summed E-state index contributed by atoms with van der Waals surface area (Å²) in [6.07, 6.45) is 0.314. The molecule has 2 aliphatic heterocycles. The first-order chi connectivity index (χ1) is 12.0. The lowest BCUT2D eigenvalue weighted by molar-refractivity contribution is -0.915. The second kappa shape index (κ2) is 7.72. The Labute approximate surface area is 153 Å². The van der Waals surface area contributed by atoms with Gasteiger partial charge in [0.05, 0.1) is 45.8 Å². The normalized spacial score (nSPS) is 22.1. The summed E-state index contributed by atoms with van der Waals surface area (Å²) in [4.78, 5) is 29.6. The Bertz CT molecular complexity index is 659. The van der Waals surface area contributed by atoms with E-state index in [1.807, 2.05) is 18.2 Å². The van der Waals surface area contributed by atoms with Gasteiger partial charge in [-0.1, -0.05) is 17.7 Å². The number of piperazine rings is 1. The van der Waals surface area contributed by atoms with E-state index in [4.69, 9.17) is 16.3 Å². The lowest BCUT2D eigenvalue weighted by atomic mass is 10.1. The summed E-state index contributed by atoms with van der Waals surface area (Å²) < 4.78 is 4.99. The van der Waals surface area contributed by atoms with Gasteiger partial charge >= 0.3 is 0 Å². The number of methoxy groups -OCH3 is 1. The third kappa shape index (κ3) is 3.81. The molecule has 0 bridgehead atoms. The summed E-state index contributed by atoms with van der Waals surface area (Å²) in [6, 6.07) is 5.69. The molecule has 0 saturated carbocycles. The van der Waals surface area contributed by atoms with Gasteiger partial charge in [-0.15, -0.1) is 0 Å². The molecule has 2 heterocycles. The fourth-order valence-corrected chi connectivity index (χ4v) is 3.89. The Morgan fingerprint density at radius 1 is 1.28 bits per heavy atom. The van der Waals surface area contributed by atoms with E-state index in [0.29, 0.717) is 19.6 Å². The van der Waals surface area contributed by atoms with Crippen molar-refractivity contribution in [2.45, 2.75) is 19.4 Å². The number of anilines is 1. The van der Waals surface area contributed by atoms with Crippen molar-refractivity contribution in [1.82, 2.24) is 4.90 Å². The van der Waals surface area contributed by atoms with E-state index in [2.05, 4.69) is 11.8 Å². The largest absolute Gasteiger partial charge is 0.383 e. The molecule has 0 aliphatic carbocycles. The highest BCUT2D eigenvalue weighted by Gasteiger charge is 2.45. The zero-order chi connectivity index (χ0) is 18.0. The second-order valence-corrected chi connectivity index (χ2v) is 7.15. The molecule has 2 fully saturated rings. The lowest BCUT2D eigenvalue weighted by Gasteiger charge is -2.36. The van der Waals surface area contributed by atoms with Crippen LogP contribution in [0.15, 0.2) is 18.2 Å². The van der Waals surface area contributed by atoms with Crippen molar-refractivity contribution >= 4 is 29.1 Å². The zero-order valence-corrected chi connectivity index (χ0v) is 15.5. The maximum atomic E-state index is 12.6. The van der Waals surface area contributed by atoms with Crippen LogP contribution in [0.2, 0.25) is 5.02 Å². The summed E-state index contributed by atoms with van der Waals surface area (Å²) in [7, 11) is 1.57. The van der Waals surface area contributed by atoms with Gasteiger partial charge in [-0.25, -0.2) is 0 Å². The van der Waals surface area contributed by atoms with Gasteiger partial charge in [-0.05, 0) is 24.6 Å². The van der Waals surface area contributed by atoms with E-state index >= 15 is 0 Å². The number of aryl methyl sites for hydroxylation is 1. The molecule has 3 rings (SSSR count). The molecule has 7 heteroatoms. The predicted octanol–water partition coefficient (Wildman–Crippen LogP) is 0.127. The van der Waals surface area contributed by atoms with Crippen LogP contribution in [0.25, 0.3) is 0 Å². The van der Waals surface area contributed by atoms with Gasteiger partial charge < -0.3 is 14.5 Å². The van der Waals surface area contributed by atoms with Crippen molar-refractivity contribution < 1.29 is 19.2 Å². The van der Waals surface area contributed by atoms with Gasteiger partial charge in [0.2, 0.25) is 5.91 Å². The van der Waals surface area contributed by atoms with E-state index in [9.17, 15) is 9.59 Å². The Balaban J connectivity index is 1.62. The molecular weight excluding hydrogens is 342 g/mol. The van der Waals surface area contributed by atoms with E-state index < -0.39 is 0 Å². The van der Waals surface area contributed by atoms with E-state index in [0.717, 1.165) is 36.9 Å². The summed E-state index contributed by atoms with van der Waals surface area (Å²) in [5, 5.41) is 0.737. The first-order valence-electron chi connectivity index (χ1n) is 8.70. The SMILES string of the molecule is COCCN1C(=O)C[C@H]([NH+]2CCN(c3cc(Cl)ccc3C)CC2)C1=O. The number of quaternary nitrogens is 1. The number of amides is 2. The number of hydrogen-bond donors (Lipinski definition) is 1. The minimum Gasteiger partial charge on any atom is -0.383 e. The lowest BCUT2D eigenvalue weighted by Crippen LogP contribution is -3.19. The van der Waals surface area contributed by atoms with Crippen molar-refractivity contribution in [3.8, 4) is 0 Å². The number of nitrogens with zero attached hydrogens (tertiary/aromatic N) is 2. The number of ether oxygens (including phenoxy) is 1. The molecule has 2 saturated heterocycles. The average molecular weight is 367 g/mol. The van der Waals surface area contributed by atoms with E-state index in [1.54, 1.807) is 7.11 Å². The Morgan fingerprint density at radius 3 is 2.68 bits per heavy atom. The Kier molecular flexibility index (Phi) is 5.61. The van der Waals surface area contributed by atoms with Crippen molar-refractivity contribution in [2.24, 2.45) is 0 Å². The molecular formula is C18H25ClN3O3+. The van der Waals surface area contributed by atoms with Crippen LogP contribution in [-0.2, 0) is 14.3 Å². The van der Waals surface area contributed by atoms with Crippen LogP contribution in [0.4, 0.5) is 5.69 Å². The fourth-order valence-electron chi connectivity index (χ4n) is 3.73. The van der Waals surface area contributed by atoms with Crippen molar-refractivity contribution in [2.75, 3.05) is 51.3 Å². The Morgan fingerprint density at radius 2 is 2.00 bits per heavy atom. The van der Waals surface area contributed by atoms with Gasteiger partial charge in [-0.2, -0.15) is 0 Å². The molecule has 136 valence electrons. The third-order valence-electron chi connectivity index (χ3n) is 5.17. The molecule has 25 heavy (non-hydrogen) atoms. The van der Waals surface area contributed by atoms with Crippen molar-refractivity contribution in [1.29, 1.82) is 0 Å². The molecule has 1 aromatic rings. The third-order valence-corrected chi connectivity index (χ3v) is 5.41. The highest BCUT2D eigenvalue weighted by molar-refractivity contribution is 6.30. The number of halogens is 1. The number of likely N-dealkylation sites (tertiary alicyclic amines) is 1. The van der Waals surface area contributed by atoms with E-state index in [-0.39, 0.29) is 17.9 Å². The van der Waals surface area contributed by atoms with Gasteiger partial charge in [0.25, 0.3) is 5.91 Å². The van der Waals surface area contributed by atoms with Crippen LogP contribution < -0.4 is 9.80 Å². The van der Waals surface area contributed by atoms with Crippen LogP contribution in [0, 0.1) is 6.92 Å². The van der Waals surface area contributed by atoms with Gasteiger partial charge in [0.15, 0.2) is 6.04 Å².